The van der Waals surface area contributed by atoms with Crippen LogP contribution >= 0.6 is 0 Å². The second kappa shape index (κ2) is 6.65. The monoisotopic (exact) mass is 322 g/mol. The van der Waals surface area contributed by atoms with E-state index in [1.165, 1.54) is 0 Å². The quantitative estimate of drug-likeness (QED) is 0.780. The Labute approximate surface area is 132 Å². The molecular formula is C17H22O4S. The van der Waals surface area contributed by atoms with Gasteiger partial charge >= 0.3 is 5.97 Å². The molecule has 1 aliphatic heterocycles. The first-order valence-corrected chi connectivity index (χ1v) is 9.00. The molecule has 2 rings (SSSR count). The van der Waals surface area contributed by atoms with Crippen molar-refractivity contribution in [2.45, 2.75) is 51.0 Å². The predicted molar refractivity (Wildman–Crippen MR) is 85.0 cm³/mol. The van der Waals surface area contributed by atoms with Crippen LogP contribution in [0.3, 0.4) is 0 Å². The third kappa shape index (κ3) is 3.77. The lowest BCUT2D eigenvalue weighted by Crippen LogP contribution is -2.19. The van der Waals surface area contributed by atoms with Crippen LogP contribution in [-0.4, -0.2) is 20.5 Å². The largest absolute Gasteiger partial charge is 0.457 e. The second-order valence-corrected chi connectivity index (χ2v) is 8.02. The number of hydrogen-bond donors (Lipinski definition) is 0. The molecule has 5 heteroatoms. The average Bonchev–Trinajstić information content (AvgIpc) is 2.85. The van der Waals surface area contributed by atoms with Crippen LogP contribution in [0.1, 0.15) is 38.7 Å². The van der Waals surface area contributed by atoms with Crippen LogP contribution in [0, 0.1) is 12.8 Å². The first-order valence-electron chi connectivity index (χ1n) is 7.52. The number of carbonyl (C=O) groups excluding carboxylic acids is 1. The topological polar surface area (TPSA) is 60.4 Å². The van der Waals surface area contributed by atoms with Crippen molar-refractivity contribution in [3.05, 3.63) is 40.8 Å². The van der Waals surface area contributed by atoms with E-state index in [0.717, 1.165) is 5.56 Å². The van der Waals surface area contributed by atoms with Gasteiger partial charge in [0.2, 0.25) is 9.84 Å². The van der Waals surface area contributed by atoms with Gasteiger partial charge in [-0.05, 0) is 37.8 Å². The van der Waals surface area contributed by atoms with Gasteiger partial charge < -0.3 is 4.74 Å². The Hall–Kier alpha value is -1.62. The molecule has 22 heavy (non-hydrogen) atoms. The Kier molecular flexibility index (Phi) is 5.06. The fraction of sp³-hybridized carbons (Fsp3) is 0.471. The molecule has 0 saturated carbocycles. The molecule has 1 aromatic rings. The molecule has 1 fully saturated rings. The van der Waals surface area contributed by atoms with Crippen LogP contribution in [0.2, 0.25) is 0 Å². The molecule has 0 bridgehead atoms. The highest BCUT2D eigenvalue weighted by molar-refractivity contribution is 7.95. The number of benzene rings is 1. The third-order valence-electron chi connectivity index (χ3n) is 3.63. The molecule has 4 nitrogen and oxygen atoms in total. The molecule has 1 saturated heterocycles. The van der Waals surface area contributed by atoms with Crippen molar-refractivity contribution in [3.8, 4) is 0 Å². The van der Waals surface area contributed by atoms with Crippen LogP contribution in [-0.2, 0) is 19.4 Å². The number of allylic oxidation sites excluding steroid dienone is 1. The van der Waals surface area contributed by atoms with E-state index in [1.54, 1.807) is 30.3 Å². The number of rotatable bonds is 5. The van der Waals surface area contributed by atoms with E-state index < -0.39 is 15.9 Å². The molecule has 0 aromatic heterocycles. The van der Waals surface area contributed by atoms with Gasteiger partial charge in [-0.1, -0.05) is 37.6 Å². The summed E-state index contributed by atoms with van der Waals surface area (Å²) in [5.74, 6) is -0.000115. The maximum absolute atomic E-state index is 12.9. The van der Waals surface area contributed by atoms with Crippen molar-refractivity contribution in [2.24, 2.45) is 5.92 Å². The molecule has 120 valence electrons. The molecule has 1 atom stereocenters. The van der Waals surface area contributed by atoms with Crippen molar-refractivity contribution in [2.75, 3.05) is 0 Å². The number of sulfone groups is 1. The summed E-state index contributed by atoms with van der Waals surface area (Å²) in [6, 6.07) is 6.75. The zero-order chi connectivity index (χ0) is 16.3. The molecule has 1 aliphatic rings. The Bertz CT molecular complexity index is 669. The van der Waals surface area contributed by atoms with E-state index in [-0.39, 0.29) is 22.2 Å². The molecule has 1 unspecified atom stereocenters. The highest BCUT2D eigenvalue weighted by atomic mass is 32.2. The minimum Gasteiger partial charge on any atom is -0.457 e. The first-order chi connectivity index (χ1) is 10.3. The molecule has 0 spiro atoms. The van der Waals surface area contributed by atoms with Gasteiger partial charge in [-0.3, -0.25) is 4.79 Å². The number of aryl methyl sites for hydroxylation is 1. The Balaban J connectivity index is 2.40. The zero-order valence-corrected chi connectivity index (χ0v) is 14.0. The summed E-state index contributed by atoms with van der Waals surface area (Å²) in [5.41, 5.74) is 0.999. The van der Waals surface area contributed by atoms with Crippen LogP contribution in [0.5, 0.6) is 0 Å². The van der Waals surface area contributed by atoms with E-state index in [1.807, 2.05) is 20.8 Å². The van der Waals surface area contributed by atoms with Crippen LogP contribution < -0.4 is 0 Å². The fourth-order valence-electron chi connectivity index (χ4n) is 2.35. The molecule has 0 radical (unpaired) electrons. The van der Waals surface area contributed by atoms with Gasteiger partial charge in [-0.25, -0.2) is 8.42 Å². The SMILES string of the molecule is Cc1ccc(S(=O)(=O)/C(=C/CC(C)C)C2CCC(=O)O2)cc1. The van der Waals surface area contributed by atoms with Crippen molar-refractivity contribution < 1.29 is 17.9 Å². The summed E-state index contributed by atoms with van der Waals surface area (Å²) in [6.45, 7) is 5.95. The number of hydrogen-bond acceptors (Lipinski definition) is 4. The molecule has 0 N–H and O–H groups in total. The minimum absolute atomic E-state index is 0.218. The molecule has 0 amide bonds. The zero-order valence-electron chi connectivity index (χ0n) is 13.2. The second-order valence-electron chi connectivity index (χ2n) is 6.07. The highest BCUT2D eigenvalue weighted by Crippen LogP contribution is 2.30. The van der Waals surface area contributed by atoms with Crippen LogP contribution in [0.25, 0.3) is 0 Å². The lowest BCUT2D eigenvalue weighted by molar-refractivity contribution is -0.140. The lowest BCUT2D eigenvalue weighted by Gasteiger charge is -2.16. The summed E-state index contributed by atoms with van der Waals surface area (Å²) >= 11 is 0. The maximum Gasteiger partial charge on any atom is 0.306 e. The van der Waals surface area contributed by atoms with Gasteiger partial charge in [0.05, 0.1) is 9.80 Å². The summed E-state index contributed by atoms with van der Waals surface area (Å²) in [4.78, 5) is 11.8. The minimum atomic E-state index is -3.64. The Morgan fingerprint density at radius 2 is 1.95 bits per heavy atom. The van der Waals surface area contributed by atoms with Gasteiger partial charge in [-0.2, -0.15) is 0 Å². The normalized spacial score (nSPS) is 19.5. The standard InChI is InChI=1S/C17H22O4S/c1-12(2)4-10-16(15-9-11-17(18)21-15)22(19,20)14-7-5-13(3)6-8-14/h5-8,10,12,15H,4,9,11H2,1-3H3/b16-10+. The van der Waals surface area contributed by atoms with Crippen molar-refractivity contribution in [1.82, 2.24) is 0 Å². The van der Waals surface area contributed by atoms with E-state index in [4.69, 9.17) is 4.74 Å². The highest BCUT2D eigenvalue weighted by Gasteiger charge is 2.34. The first kappa shape index (κ1) is 16.7. The molecular weight excluding hydrogens is 300 g/mol. The Morgan fingerprint density at radius 3 is 2.45 bits per heavy atom. The van der Waals surface area contributed by atoms with Crippen molar-refractivity contribution in [3.63, 3.8) is 0 Å². The number of ether oxygens (including phenoxy) is 1. The third-order valence-corrected chi connectivity index (χ3v) is 5.58. The summed E-state index contributed by atoms with van der Waals surface area (Å²) in [5, 5.41) is 0. The fourth-order valence-corrected chi connectivity index (χ4v) is 3.94. The van der Waals surface area contributed by atoms with Gasteiger partial charge in [0.1, 0.15) is 6.10 Å². The van der Waals surface area contributed by atoms with Gasteiger partial charge in [0.15, 0.2) is 0 Å². The van der Waals surface area contributed by atoms with Crippen molar-refractivity contribution in [1.29, 1.82) is 0 Å². The Morgan fingerprint density at radius 1 is 1.32 bits per heavy atom. The van der Waals surface area contributed by atoms with Crippen molar-refractivity contribution >= 4 is 15.8 Å². The van der Waals surface area contributed by atoms with Gasteiger partial charge in [-0.15, -0.1) is 0 Å². The molecule has 0 aliphatic carbocycles. The van der Waals surface area contributed by atoms with E-state index in [9.17, 15) is 13.2 Å². The summed E-state index contributed by atoms with van der Waals surface area (Å²) < 4.78 is 31.0. The predicted octanol–water partition coefficient (Wildman–Crippen LogP) is 3.40. The smallest absolute Gasteiger partial charge is 0.306 e. The van der Waals surface area contributed by atoms with Crippen LogP contribution in [0.4, 0.5) is 0 Å². The van der Waals surface area contributed by atoms with E-state index in [0.29, 0.717) is 18.8 Å². The van der Waals surface area contributed by atoms with E-state index in [2.05, 4.69) is 0 Å². The number of carbonyl (C=O) groups is 1. The molecule has 1 aromatic carbocycles. The van der Waals surface area contributed by atoms with E-state index >= 15 is 0 Å². The van der Waals surface area contributed by atoms with Crippen LogP contribution in [0.15, 0.2) is 40.1 Å². The maximum atomic E-state index is 12.9. The number of cyclic esters (lactones) is 1. The van der Waals surface area contributed by atoms with Gasteiger partial charge in [0, 0.05) is 6.42 Å². The number of esters is 1. The lowest BCUT2D eigenvalue weighted by atomic mass is 10.1. The van der Waals surface area contributed by atoms with Gasteiger partial charge in [0.25, 0.3) is 0 Å². The average molecular weight is 322 g/mol. The summed E-state index contributed by atoms with van der Waals surface area (Å²) in [6.07, 6.45) is 2.39. The summed E-state index contributed by atoms with van der Waals surface area (Å²) in [7, 11) is -3.64. The molecule has 1 heterocycles.